The van der Waals surface area contributed by atoms with Crippen LogP contribution in [0.1, 0.15) is 51.0 Å². The Morgan fingerprint density at radius 2 is 1.83 bits per heavy atom. The van der Waals surface area contributed by atoms with Crippen LogP contribution in [0.25, 0.3) is 0 Å². The lowest BCUT2D eigenvalue weighted by Crippen LogP contribution is -2.52. The predicted molar refractivity (Wildman–Crippen MR) is 116 cm³/mol. The summed E-state index contributed by atoms with van der Waals surface area (Å²) < 4.78 is 2.00. The van der Waals surface area contributed by atoms with Crippen LogP contribution in [-0.2, 0) is 17.1 Å². The van der Waals surface area contributed by atoms with E-state index in [4.69, 9.17) is 11.6 Å². The SMILES string of the molecule is CCn1c(NC(=O)C23CC4CC(CC(C4)C2)C3)nnc1SCc1ccccc1Cl. The number of carbonyl (C=O) groups is 1. The summed E-state index contributed by atoms with van der Waals surface area (Å²) in [4.78, 5) is 13.4. The quantitative estimate of drug-likeness (QED) is 0.623. The van der Waals surface area contributed by atoms with E-state index in [9.17, 15) is 4.79 Å². The third-order valence-electron chi connectivity index (χ3n) is 7.09. The largest absolute Gasteiger partial charge is 0.294 e. The van der Waals surface area contributed by atoms with E-state index in [-0.39, 0.29) is 11.3 Å². The minimum atomic E-state index is -0.176. The van der Waals surface area contributed by atoms with E-state index in [1.54, 1.807) is 11.8 Å². The van der Waals surface area contributed by atoms with Crippen molar-refractivity contribution in [2.24, 2.45) is 23.2 Å². The molecule has 4 saturated carbocycles. The number of hydrogen-bond donors (Lipinski definition) is 1. The van der Waals surface area contributed by atoms with Crippen molar-refractivity contribution in [1.29, 1.82) is 0 Å². The highest BCUT2D eigenvalue weighted by atomic mass is 35.5. The molecule has 2 aromatic rings. The summed E-state index contributed by atoms with van der Waals surface area (Å²) in [5.74, 6) is 3.71. The topological polar surface area (TPSA) is 59.8 Å². The fraction of sp³-hybridized carbons (Fsp3) is 0.591. The van der Waals surface area contributed by atoms with E-state index in [0.29, 0.717) is 12.5 Å². The molecule has 0 saturated heterocycles. The highest BCUT2D eigenvalue weighted by Gasteiger charge is 2.54. The minimum absolute atomic E-state index is 0.168. The molecule has 29 heavy (non-hydrogen) atoms. The zero-order valence-electron chi connectivity index (χ0n) is 16.7. The molecule has 1 aromatic heterocycles. The van der Waals surface area contributed by atoms with Gasteiger partial charge >= 0.3 is 0 Å². The molecule has 0 radical (unpaired) electrons. The van der Waals surface area contributed by atoms with Gasteiger partial charge in [-0.2, -0.15) is 0 Å². The summed E-state index contributed by atoms with van der Waals surface area (Å²) in [5, 5.41) is 13.4. The van der Waals surface area contributed by atoms with E-state index in [1.807, 2.05) is 28.8 Å². The second kappa shape index (κ2) is 7.62. The lowest BCUT2D eigenvalue weighted by molar-refractivity contribution is -0.140. The number of carbonyl (C=O) groups excluding carboxylic acids is 1. The van der Waals surface area contributed by atoms with Crippen LogP contribution in [0.4, 0.5) is 5.95 Å². The van der Waals surface area contributed by atoms with E-state index in [1.165, 1.54) is 19.3 Å². The summed E-state index contributed by atoms with van der Waals surface area (Å²) in [7, 11) is 0. The molecule has 4 aliphatic carbocycles. The van der Waals surface area contributed by atoms with Crippen LogP contribution in [-0.4, -0.2) is 20.7 Å². The maximum Gasteiger partial charge on any atom is 0.232 e. The molecule has 1 aromatic carbocycles. The first-order chi connectivity index (χ1) is 14.1. The second-order valence-electron chi connectivity index (χ2n) is 9.08. The smallest absolute Gasteiger partial charge is 0.232 e. The zero-order valence-corrected chi connectivity index (χ0v) is 18.3. The van der Waals surface area contributed by atoms with Gasteiger partial charge in [-0.15, -0.1) is 10.2 Å². The van der Waals surface area contributed by atoms with Gasteiger partial charge in [0.2, 0.25) is 11.9 Å². The lowest BCUT2D eigenvalue weighted by atomic mass is 9.49. The van der Waals surface area contributed by atoms with Crippen molar-refractivity contribution >= 4 is 35.2 Å². The van der Waals surface area contributed by atoms with Gasteiger partial charge in [0.1, 0.15) is 0 Å². The number of amides is 1. The number of anilines is 1. The average molecular weight is 431 g/mol. The average Bonchev–Trinajstić information content (AvgIpc) is 3.07. The third kappa shape index (κ3) is 3.59. The van der Waals surface area contributed by atoms with Crippen LogP contribution in [0.2, 0.25) is 5.02 Å². The van der Waals surface area contributed by atoms with E-state index in [0.717, 1.165) is 58.5 Å². The molecule has 154 valence electrons. The first kappa shape index (κ1) is 19.4. The number of hydrogen-bond acceptors (Lipinski definition) is 4. The van der Waals surface area contributed by atoms with E-state index in [2.05, 4.69) is 22.4 Å². The Bertz CT molecular complexity index is 892. The summed E-state index contributed by atoms with van der Waals surface area (Å²) in [6, 6.07) is 7.85. The number of nitrogens with one attached hydrogen (secondary N) is 1. The van der Waals surface area contributed by atoms with Crippen LogP contribution in [0.15, 0.2) is 29.4 Å². The Labute approximate surface area is 181 Å². The number of rotatable bonds is 6. The summed E-state index contributed by atoms with van der Waals surface area (Å²) in [6.07, 6.45) is 7.17. The zero-order chi connectivity index (χ0) is 20.0. The van der Waals surface area contributed by atoms with Gasteiger partial charge in [0, 0.05) is 17.3 Å². The fourth-order valence-electron chi connectivity index (χ4n) is 6.15. The van der Waals surface area contributed by atoms with Crippen molar-refractivity contribution in [2.75, 3.05) is 5.32 Å². The summed E-state index contributed by atoms with van der Waals surface area (Å²) in [5.41, 5.74) is 0.897. The van der Waals surface area contributed by atoms with Crippen LogP contribution >= 0.6 is 23.4 Å². The molecule has 5 nitrogen and oxygen atoms in total. The summed E-state index contributed by atoms with van der Waals surface area (Å²) >= 11 is 7.87. The molecular formula is C22H27ClN4OS. The molecule has 4 aliphatic rings. The van der Waals surface area contributed by atoms with Gasteiger partial charge in [0.25, 0.3) is 0 Å². The minimum Gasteiger partial charge on any atom is -0.294 e. The molecule has 4 bridgehead atoms. The molecule has 7 heteroatoms. The van der Waals surface area contributed by atoms with Gasteiger partial charge in [0.05, 0.1) is 5.41 Å². The van der Waals surface area contributed by atoms with E-state index >= 15 is 0 Å². The molecule has 1 heterocycles. The Hall–Kier alpha value is -1.53. The van der Waals surface area contributed by atoms with Gasteiger partial charge in [0.15, 0.2) is 5.16 Å². The van der Waals surface area contributed by atoms with Crippen LogP contribution in [0.5, 0.6) is 0 Å². The second-order valence-corrected chi connectivity index (χ2v) is 10.4. The number of thioether (sulfide) groups is 1. The Morgan fingerprint density at radius 1 is 1.17 bits per heavy atom. The number of halogens is 1. The van der Waals surface area contributed by atoms with Crippen molar-refractivity contribution in [1.82, 2.24) is 14.8 Å². The molecule has 0 unspecified atom stereocenters. The molecule has 0 spiro atoms. The maximum atomic E-state index is 13.4. The van der Waals surface area contributed by atoms with Crippen molar-refractivity contribution in [3.05, 3.63) is 34.9 Å². The van der Waals surface area contributed by atoms with Crippen LogP contribution < -0.4 is 5.32 Å². The van der Waals surface area contributed by atoms with Crippen molar-refractivity contribution in [3.8, 4) is 0 Å². The lowest BCUT2D eigenvalue weighted by Gasteiger charge is -2.55. The van der Waals surface area contributed by atoms with Crippen LogP contribution in [0.3, 0.4) is 0 Å². The highest BCUT2D eigenvalue weighted by Crippen LogP contribution is 2.60. The molecule has 0 aliphatic heterocycles. The normalized spacial score (nSPS) is 29.9. The Morgan fingerprint density at radius 3 is 2.45 bits per heavy atom. The van der Waals surface area contributed by atoms with Crippen molar-refractivity contribution in [2.45, 2.75) is 62.9 Å². The predicted octanol–water partition coefficient (Wildman–Crippen LogP) is 5.40. The molecule has 1 amide bonds. The highest BCUT2D eigenvalue weighted by molar-refractivity contribution is 7.98. The number of aromatic nitrogens is 3. The Kier molecular flexibility index (Phi) is 5.11. The first-order valence-electron chi connectivity index (χ1n) is 10.7. The Balaban J connectivity index is 1.30. The standard InChI is InChI=1S/C22H27ClN4OS/c1-2-27-20(25-26-21(27)29-13-17-5-3-4-6-18(17)23)24-19(28)22-10-14-7-15(11-22)9-16(8-14)12-22/h3-6,14-16H,2,7-13H2,1H3,(H,24,25,28). The fourth-order valence-corrected chi connectivity index (χ4v) is 7.44. The van der Waals surface area contributed by atoms with Gasteiger partial charge in [-0.25, -0.2) is 0 Å². The van der Waals surface area contributed by atoms with Gasteiger partial charge in [-0.1, -0.05) is 41.6 Å². The summed E-state index contributed by atoms with van der Waals surface area (Å²) in [6.45, 7) is 2.78. The third-order valence-corrected chi connectivity index (χ3v) is 8.48. The van der Waals surface area contributed by atoms with Crippen molar-refractivity contribution in [3.63, 3.8) is 0 Å². The molecule has 4 fully saturated rings. The monoisotopic (exact) mass is 430 g/mol. The molecule has 1 N–H and O–H groups in total. The van der Waals surface area contributed by atoms with E-state index < -0.39 is 0 Å². The number of benzene rings is 1. The van der Waals surface area contributed by atoms with Crippen LogP contribution in [0, 0.1) is 23.2 Å². The van der Waals surface area contributed by atoms with Crippen molar-refractivity contribution < 1.29 is 4.79 Å². The number of nitrogens with zero attached hydrogens (tertiary/aromatic N) is 3. The molecule has 6 rings (SSSR count). The van der Waals surface area contributed by atoms with Gasteiger partial charge in [-0.3, -0.25) is 14.7 Å². The van der Waals surface area contributed by atoms with Gasteiger partial charge < -0.3 is 0 Å². The molecular weight excluding hydrogens is 404 g/mol. The molecule has 0 atom stereocenters. The van der Waals surface area contributed by atoms with Gasteiger partial charge in [-0.05, 0) is 74.8 Å². The maximum absolute atomic E-state index is 13.4. The first-order valence-corrected chi connectivity index (χ1v) is 12.0.